The van der Waals surface area contributed by atoms with Crippen molar-refractivity contribution in [2.45, 2.75) is 43.5 Å². The molecule has 0 radical (unpaired) electrons. The van der Waals surface area contributed by atoms with E-state index >= 15 is 0 Å². The van der Waals surface area contributed by atoms with Crippen molar-refractivity contribution in [1.29, 1.82) is 0 Å². The van der Waals surface area contributed by atoms with E-state index < -0.39 is 5.82 Å². The molecule has 0 fully saturated rings. The lowest BCUT2D eigenvalue weighted by atomic mass is 9.97. The van der Waals surface area contributed by atoms with Gasteiger partial charge in [0.25, 0.3) is 5.56 Å². The lowest BCUT2D eigenvalue weighted by Gasteiger charge is -2.15. The molecule has 2 aromatic carbocycles. The van der Waals surface area contributed by atoms with Gasteiger partial charge in [0.15, 0.2) is 10.9 Å². The number of ether oxygens (including phenoxy) is 1. The number of hydrogen-bond acceptors (Lipinski definition) is 6. The molecule has 1 aliphatic rings. The van der Waals surface area contributed by atoms with Crippen LogP contribution in [0.2, 0.25) is 0 Å². The summed E-state index contributed by atoms with van der Waals surface area (Å²) in [6, 6.07) is 11.6. The van der Waals surface area contributed by atoms with Crippen LogP contribution < -0.4 is 10.3 Å². The summed E-state index contributed by atoms with van der Waals surface area (Å²) in [6.45, 7) is 1.52. The molecule has 34 heavy (non-hydrogen) atoms. The van der Waals surface area contributed by atoms with Crippen molar-refractivity contribution in [3.8, 4) is 11.4 Å². The van der Waals surface area contributed by atoms with E-state index in [1.165, 1.54) is 34.2 Å². The Kier molecular flexibility index (Phi) is 6.27. The SMILES string of the molecule is COc1ccc(C(C)=O)cc1CSc1nc2sc3c(c2c(=O)n1-c1ccccc1F)CCCC3. The molecule has 5 nitrogen and oxygen atoms in total. The topological polar surface area (TPSA) is 61.2 Å². The number of nitrogens with zero attached hydrogens (tertiary/aromatic N) is 2. The minimum absolute atomic E-state index is 0.0409. The van der Waals surface area contributed by atoms with Crippen LogP contribution in [-0.2, 0) is 18.6 Å². The maximum Gasteiger partial charge on any atom is 0.267 e. The number of aromatic nitrogens is 2. The van der Waals surface area contributed by atoms with Gasteiger partial charge in [-0.1, -0.05) is 23.9 Å². The minimum Gasteiger partial charge on any atom is -0.496 e. The average Bonchev–Trinajstić information content (AvgIpc) is 3.22. The van der Waals surface area contributed by atoms with Crippen LogP contribution in [0.1, 0.15) is 46.1 Å². The van der Waals surface area contributed by atoms with E-state index in [-0.39, 0.29) is 17.0 Å². The molecule has 2 heterocycles. The molecule has 0 atom stereocenters. The number of carbonyl (C=O) groups is 1. The molecule has 2 aromatic heterocycles. The number of para-hydroxylation sites is 1. The Morgan fingerprint density at radius 3 is 2.76 bits per heavy atom. The monoisotopic (exact) mass is 494 g/mol. The van der Waals surface area contributed by atoms with Gasteiger partial charge in [-0.3, -0.25) is 14.2 Å². The highest BCUT2D eigenvalue weighted by molar-refractivity contribution is 7.98. The maximum atomic E-state index is 14.9. The van der Waals surface area contributed by atoms with Gasteiger partial charge >= 0.3 is 0 Å². The zero-order valence-corrected chi connectivity index (χ0v) is 20.5. The third-order valence-corrected chi connectivity index (χ3v) is 8.27. The summed E-state index contributed by atoms with van der Waals surface area (Å²) in [5.74, 6) is 0.528. The highest BCUT2D eigenvalue weighted by atomic mass is 32.2. The molecule has 1 aliphatic carbocycles. The number of thioether (sulfide) groups is 1. The maximum absolute atomic E-state index is 14.9. The number of methoxy groups -OCH3 is 1. The van der Waals surface area contributed by atoms with Crippen LogP contribution in [-0.4, -0.2) is 22.4 Å². The first-order valence-corrected chi connectivity index (χ1v) is 12.9. The van der Waals surface area contributed by atoms with Crippen LogP contribution in [0.25, 0.3) is 15.9 Å². The van der Waals surface area contributed by atoms with Crippen molar-refractivity contribution in [2.75, 3.05) is 7.11 Å². The Bertz CT molecular complexity index is 1480. The highest BCUT2D eigenvalue weighted by Gasteiger charge is 2.24. The zero-order valence-electron chi connectivity index (χ0n) is 18.9. The van der Waals surface area contributed by atoms with Crippen molar-refractivity contribution in [3.63, 3.8) is 0 Å². The summed E-state index contributed by atoms with van der Waals surface area (Å²) in [7, 11) is 1.58. The van der Waals surface area contributed by atoms with Gasteiger partial charge < -0.3 is 4.74 Å². The molecule has 0 amide bonds. The molecule has 8 heteroatoms. The van der Waals surface area contributed by atoms with Crippen molar-refractivity contribution < 1.29 is 13.9 Å². The van der Waals surface area contributed by atoms with Gasteiger partial charge in [-0.2, -0.15) is 0 Å². The number of hydrogen-bond donors (Lipinski definition) is 0. The van der Waals surface area contributed by atoms with E-state index in [0.29, 0.717) is 32.4 Å². The Morgan fingerprint density at radius 1 is 1.21 bits per heavy atom. The van der Waals surface area contributed by atoms with Crippen LogP contribution in [0.4, 0.5) is 4.39 Å². The molecule has 5 rings (SSSR count). The summed E-state index contributed by atoms with van der Waals surface area (Å²) in [6.07, 6.45) is 3.95. The summed E-state index contributed by atoms with van der Waals surface area (Å²) in [5.41, 5.74) is 2.41. The summed E-state index contributed by atoms with van der Waals surface area (Å²) in [5, 5.41) is 1.03. The predicted molar refractivity (Wildman–Crippen MR) is 134 cm³/mol. The molecule has 0 N–H and O–H groups in total. The number of thiophene rings is 1. The second-order valence-electron chi connectivity index (χ2n) is 8.25. The van der Waals surface area contributed by atoms with Crippen LogP contribution in [0, 0.1) is 5.82 Å². The minimum atomic E-state index is -0.479. The first-order chi connectivity index (χ1) is 16.5. The van der Waals surface area contributed by atoms with E-state index in [0.717, 1.165) is 36.8 Å². The number of carbonyl (C=O) groups excluding carboxylic acids is 1. The smallest absolute Gasteiger partial charge is 0.267 e. The number of halogens is 1. The summed E-state index contributed by atoms with van der Waals surface area (Å²) < 4.78 is 21.7. The van der Waals surface area contributed by atoms with Gasteiger partial charge in [0, 0.05) is 21.8 Å². The summed E-state index contributed by atoms with van der Waals surface area (Å²) >= 11 is 2.90. The molecule has 0 aliphatic heterocycles. The van der Waals surface area contributed by atoms with E-state index in [9.17, 15) is 14.0 Å². The van der Waals surface area contributed by atoms with Crippen molar-refractivity contribution in [3.05, 3.63) is 80.2 Å². The Labute approximate surface area is 204 Å². The van der Waals surface area contributed by atoms with Gasteiger partial charge in [0.05, 0.1) is 18.2 Å². The quantitative estimate of drug-likeness (QED) is 0.188. The van der Waals surface area contributed by atoms with E-state index in [4.69, 9.17) is 9.72 Å². The lowest BCUT2D eigenvalue weighted by Crippen LogP contribution is -2.23. The molecule has 174 valence electrons. The molecule has 0 spiro atoms. The van der Waals surface area contributed by atoms with Gasteiger partial charge in [-0.15, -0.1) is 11.3 Å². The molecular weight excluding hydrogens is 471 g/mol. The molecule has 0 unspecified atom stereocenters. The fourth-order valence-corrected chi connectivity index (χ4v) is 6.67. The van der Waals surface area contributed by atoms with Crippen molar-refractivity contribution in [2.24, 2.45) is 0 Å². The van der Waals surface area contributed by atoms with Crippen LogP contribution in [0.5, 0.6) is 5.75 Å². The molecule has 4 aromatic rings. The first kappa shape index (κ1) is 22.8. The standard InChI is InChI=1S/C26H23FN2O3S2/c1-15(30)16-11-12-21(32-2)17(13-16)14-33-26-28-24-23(18-7-3-6-10-22(18)34-24)25(31)29(26)20-9-5-4-8-19(20)27/h4-5,8-9,11-13H,3,6-7,10,14H2,1-2H3. The fourth-order valence-electron chi connectivity index (χ4n) is 4.38. The second-order valence-corrected chi connectivity index (χ2v) is 10.3. The number of Topliss-reactive ketones (excluding diaryl/α,β-unsaturated/α-hetero) is 1. The Balaban J connectivity index is 1.66. The molecule has 0 bridgehead atoms. The average molecular weight is 495 g/mol. The van der Waals surface area contributed by atoms with Gasteiger partial charge in [0.1, 0.15) is 16.4 Å². The van der Waals surface area contributed by atoms with Crippen molar-refractivity contribution >= 4 is 39.1 Å². The lowest BCUT2D eigenvalue weighted by molar-refractivity contribution is 0.101. The number of benzene rings is 2. The zero-order chi connectivity index (χ0) is 23.8. The predicted octanol–water partition coefficient (Wildman–Crippen LogP) is 5.97. The Hall–Kier alpha value is -2.97. The second kappa shape index (κ2) is 9.35. The van der Waals surface area contributed by atoms with Crippen molar-refractivity contribution in [1.82, 2.24) is 9.55 Å². The van der Waals surface area contributed by atoms with Crippen LogP contribution in [0.3, 0.4) is 0 Å². The van der Waals surface area contributed by atoms with E-state index in [2.05, 4.69) is 0 Å². The normalized spacial score (nSPS) is 13.1. The van der Waals surface area contributed by atoms with E-state index in [1.807, 2.05) is 0 Å². The molecule has 0 saturated heterocycles. The number of aryl methyl sites for hydroxylation is 2. The summed E-state index contributed by atoms with van der Waals surface area (Å²) in [4.78, 5) is 32.5. The highest BCUT2D eigenvalue weighted by Crippen LogP contribution is 2.36. The van der Waals surface area contributed by atoms with Gasteiger partial charge in [-0.25, -0.2) is 9.37 Å². The molecular formula is C26H23FN2O3S2. The van der Waals surface area contributed by atoms with E-state index in [1.54, 1.807) is 54.8 Å². The van der Waals surface area contributed by atoms with Crippen LogP contribution >= 0.6 is 23.1 Å². The number of ketones is 1. The van der Waals surface area contributed by atoms with Crippen LogP contribution in [0.15, 0.2) is 52.4 Å². The Morgan fingerprint density at radius 2 is 2.00 bits per heavy atom. The molecule has 0 saturated carbocycles. The van der Waals surface area contributed by atoms with Gasteiger partial charge in [-0.05, 0) is 68.5 Å². The fraction of sp³-hybridized carbons (Fsp3) is 0.269. The first-order valence-electron chi connectivity index (χ1n) is 11.1. The number of fused-ring (bicyclic) bond motifs is 3. The third-order valence-electron chi connectivity index (χ3n) is 6.10. The third kappa shape index (κ3) is 4.05. The number of rotatable bonds is 6. The van der Waals surface area contributed by atoms with Gasteiger partial charge in [0.2, 0.25) is 0 Å². The largest absolute Gasteiger partial charge is 0.496 e.